The van der Waals surface area contributed by atoms with Gasteiger partial charge in [0.05, 0.1) is 21.3 Å². The molecule has 0 bridgehead atoms. The zero-order chi connectivity index (χ0) is 26.4. The molecule has 2 amide bonds. The summed E-state index contributed by atoms with van der Waals surface area (Å²) >= 11 is 3.18. The molecular weight excluding hydrogens is 508 g/mol. The molecule has 0 aliphatic carbocycles. The number of thiophene rings is 1. The third-order valence-corrected chi connectivity index (χ3v) is 8.71. The Bertz CT molecular complexity index is 1180. The van der Waals surface area contributed by atoms with Crippen molar-refractivity contribution in [2.24, 2.45) is 0 Å². The number of nitrogens with one attached hydrogen (secondary N) is 1. The number of rotatable bonds is 10. The van der Waals surface area contributed by atoms with Gasteiger partial charge in [-0.2, -0.15) is 0 Å². The van der Waals surface area contributed by atoms with Gasteiger partial charge in [0.15, 0.2) is 11.5 Å². The Morgan fingerprint density at radius 2 is 1.73 bits per heavy atom. The number of hydrogen-bond donors (Lipinski definition) is 1. The van der Waals surface area contributed by atoms with Crippen molar-refractivity contribution in [2.75, 3.05) is 27.1 Å². The van der Waals surface area contributed by atoms with Crippen LogP contribution in [-0.4, -0.2) is 55.9 Å². The zero-order valence-electron chi connectivity index (χ0n) is 21.4. The fourth-order valence-corrected chi connectivity index (χ4v) is 6.79. The Labute approximate surface area is 226 Å². The van der Waals surface area contributed by atoms with Crippen LogP contribution in [0.2, 0.25) is 0 Å². The Morgan fingerprint density at radius 3 is 2.32 bits per heavy atom. The predicted molar refractivity (Wildman–Crippen MR) is 148 cm³/mol. The van der Waals surface area contributed by atoms with Gasteiger partial charge in [0.1, 0.15) is 11.4 Å². The first-order valence-corrected chi connectivity index (χ1v) is 14.0. The first kappa shape index (κ1) is 26.9. The lowest BCUT2D eigenvalue weighted by molar-refractivity contribution is -0.125. The zero-order valence-corrected chi connectivity index (χ0v) is 23.1. The maximum Gasteiger partial charge on any atom is 0.256 e. The van der Waals surface area contributed by atoms with Gasteiger partial charge in [-0.1, -0.05) is 36.4 Å². The van der Waals surface area contributed by atoms with Gasteiger partial charge in [-0.05, 0) is 48.9 Å². The molecule has 2 heterocycles. The van der Waals surface area contributed by atoms with Crippen LogP contribution in [0.15, 0.2) is 60.0 Å². The maximum absolute atomic E-state index is 14.0. The van der Waals surface area contributed by atoms with E-state index >= 15 is 0 Å². The largest absolute Gasteiger partial charge is 0.493 e. The second kappa shape index (κ2) is 12.4. The number of methoxy groups -OCH3 is 3. The summed E-state index contributed by atoms with van der Waals surface area (Å²) in [7, 11) is 4.54. The molecule has 3 unspecified atom stereocenters. The first-order chi connectivity index (χ1) is 18.0. The topological polar surface area (TPSA) is 77.1 Å². The van der Waals surface area contributed by atoms with Crippen LogP contribution in [-0.2, 0) is 11.2 Å². The van der Waals surface area contributed by atoms with Crippen molar-refractivity contribution < 1.29 is 23.8 Å². The van der Waals surface area contributed by atoms with Gasteiger partial charge in [-0.25, -0.2) is 0 Å². The molecule has 0 radical (unpaired) electrons. The third kappa shape index (κ3) is 6.05. The number of hydrogen-bond acceptors (Lipinski definition) is 7. The highest BCUT2D eigenvalue weighted by molar-refractivity contribution is 7.99. The molecule has 0 saturated carbocycles. The molecule has 3 atom stereocenters. The number of carbonyl (C=O) groups is 2. The Kier molecular flexibility index (Phi) is 9.00. The van der Waals surface area contributed by atoms with Crippen LogP contribution in [0, 0.1) is 0 Å². The minimum absolute atomic E-state index is 0.0309. The van der Waals surface area contributed by atoms with Crippen LogP contribution < -0.4 is 19.5 Å². The minimum atomic E-state index is -0.608. The molecule has 1 fully saturated rings. The monoisotopic (exact) mass is 540 g/mol. The van der Waals surface area contributed by atoms with Gasteiger partial charge in [0.25, 0.3) is 5.91 Å². The van der Waals surface area contributed by atoms with Crippen molar-refractivity contribution in [1.29, 1.82) is 0 Å². The summed E-state index contributed by atoms with van der Waals surface area (Å²) in [5, 5.41) is 4.87. The van der Waals surface area contributed by atoms with Crippen molar-refractivity contribution in [2.45, 2.75) is 37.2 Å². The molecular formula is C28H32N2O5S2. The molecule has 37 heavy (non-hydrogen) atoms. The summed E-state index contributed by atoms with van der Waals surface area (Å²) in [5.41, 5.74) is 1.60. The highest BCUT2D eigenvalue weighted by Gasteiger charge is 2.43. The van der Waals surface area contributed by atoms with Crippen LogP contribution in [0.5, 0.6) is 17.2 Å². The molecule has 3 aromatic rings. The normalized spacial score (nSPS) is 17.8. The van der Waals surface area contributed by atoms with Gasteiger partial charge in [0, 0.05) is 22.2 Å². The predicted octanol–water partition coefficient (Wildman–Crippen LogP) is 5.17. The van der Waals surface area contributed by atoms with Gasteiger partial charge in [-0.15, -0.1) is 23.1 Å². The Hall–Kier alpha value is -3.17. The lowest BCUT2D eigenvalue weighted by Crippen LogP contribution is -2.50. The molecule has 2 aromatic carbocycles. The van der Waals surface area contributed by atoms with E-state index in [-0.39, 0.29) is 23.2 Å². The Balaban J connectivity index is 1.57. The summed E-state index contributed by atoms with van der Waals surface area (Å²) in [6.45, 7) is 2.01. The van der Waals surface area contributed by atoms with E-state index in [1.165, 1.54) is 26.9 Å². The van der Waals surface area contributed by atoms with Gasteiger partial charge < -0.3 is 24.4 Å². The molecule has 9 heteroatoms. The van der Waals surface area contributed by atoms with E-state index in [2.05, 4.69) is 17.4 Å². The van der Waals surface area contributed by atoms with E-state index in [9.17, 15) is 9.59 Å². The van der Waals surface area contributed by atoms with Gasteiger partial charge in [-0.3, -0.25) is 9.59 Å². The molecule has 1 aromatic heterocycles. The fraction of sp³-hybridized carbons (Fsp3) is 0.357. The average Bonchev–Trinajstić information content (AvgIpc) is 3.61. The number of amides is 2. The van der Waals surface area contributed by atoms with Gasteiger partial charge in [0.2, 0.25) is 11.7 Å². The lowest BCUT2D eigenvalue weighted by Gasteiger charge is -2.29. The molecule has 1 aliphatic heterocycles. The van der Waals surface area contributed by atoms with Crippen LogP contribution in [0.1, 0.15) is 39.5 Å². The van der Waals surface area contributed by atoms with Gasteiger partial charge >= 0.3 is 0 Å². The number of carbonyl (C=O) groups excluding carboxylic acids is 2. The fourth-order valence-electron chi connectivity index (χ4n) is 4.40. The molecule has 1 saturated heterocycles. The van der Waals surface area contributed by atoms with Crippen LogP contribution in [0.25, 0.3) is 0 Å². The molecule has 196 valence electrons. The van der Waals surface area contributed by atoms with E-state index in [0.717, 1.165) is 17.7 Å². The van der Waals surface area contributed by atoms with E-state index in [4.69, 9.17) is 14.2 Å². The summed E-state index contributed by atoms with van der Waals surface area (Å²) < 4.78 is 16.3. The van der Waals surface area contributed by atoms with Crippen molar-refractivity contribution in [3.63, 3.8) is 0 Å². The lowest BCUT2D eigenvalue weighted by atomic mass is 10.1. The van der Waals surface area contributed by atoms with Crippen molar-refractivity contribution >= 4 is 34.9 Å². The average molecular weight is 541 g/mol. The van der Waals surface area contributed by atoms with Crippen LogP contribution in [0.3, 0.4) is 0 Å². The first-order valence-electron chi connectivity index (χ1n) is 12.1. The summed E-state index contributed by atoms with van der Waals surface area (Å²) in [4.78, 5) is 30.2. The van der Waals surface area contributed by atoms with Crippen LogP contribution in [0.4, 0.5) is 0 Å². The smallest absolute Gasteiger partial charge is 0.256 e. The number of thioether (sulfide) groups is 1. The highest BCUT2D eigenvalue weighted by Crippen LogP contribution is 2.45. The van der Waals surface area contributed by atoms with Crippen molar-refractivity contribution in [3.05, 3.63) is 76.0 Å². The summed E-state index contributed by atoms with van der Waals surface area (Å²) in [6, 6.07) is 16.8. The second-order valence-electron chi connectivity index (χ2n) is 8.78. The molecule has 7 nitrogen and oxygen atoms in total. The molecule has 1 N–H and O–H groups in total. The highest BCUT2D eigenvalue weighted by atomic mass is 32.2. The number of ether oxygens (including phenoxy) is 3. The number of aryl methyl sites for hydroxylation is 1. The minimum Gasteiger partial charge on any atom is -0.493 e. The number of nitrogens with zero attached hydrogens (tertiary/aromatic N) is 1. The maximum atomic E-state index is 14.0. The Morgan fingerprint density at radius 1 is 1.03 bits per heavy atom. The third-order valence-electron chi connectivity index (χ3n) is 6.33. The quantitative estimate of drug-likeness (QED) is 0.383. The molecule has 1 aliphatic rings. The van der Waals surface area contributed by atoms with Crippen molar-refractivity contribution in [1.82, 2.24) is 10.2 Å². The van der Waals surface area contributed by atoms with Crippen LogP contribution >= 0.6 is 23.1 Å². The van der Waals surface area contributed by atoms with E-state index in [1.807, 2.05) is 42.6 Å². The molecule has 4 rings (SSSR count). The number of benzene rings is 2. The van der Waals surface area contributed by atoms with Crippen molar-refractivity contribution in [3.8, 4) is 17.2 Å². The summed E-state index contributed by atoms with van der Waals surface area (Å²) in [6.07, 6.45) is 1.68. The molecule has 0 spiro atoms. The SMILES string of the molecule is COc1cc(C(=O)N2C(C(=O)NC(C)CCc3ccccc3)CSC2c2cccs2)cc(OC)c1OC. The second-order valence-corrected chi connectivity index (χ2v) is 10.9. The van der Waals surface area contributed by atoms with E-state index in [0.29, 0.717) is 28.6 Å². The van der Waals surface area contributed by atoms with E-state index in [1.54, 1.807) is 40.1 Å². The summed E-state index contributed by atoms with van der Waals surface area (Å²) in [5.74, 6) is 1.29. The van der Waals surface area contributed by atoms with E-state index < -0.39 is 6.04 Å². The standard InChI is InChI=1S/C28H32N2O5S2/c1-18(12-13-19-9-6-5-7-10-19)29-26(31)21-17-37-28(24-11-8-14-36-24)30(21)27(32)20-15-22(33-2)25(35-4)23(16-20)34-3/h5-11,14-16,18,21,28H,12-13,17H2,1-4H3,(H,29,31).